The third kappa shape index (κ3) is 3.11. The molecule has 5 heteroatoms. The second-order valence-corrected chi connectivity index (χ2v) is 3.24. The Morgan fingerprint density at radius 2 is 2.29 bits per heavy atom. The van der Waals surface area contributed by atoms with Gasteiger partial charge in [-0.2, -0.15) is 5.26 Å². The molecular weight excluding hydrogens is 225 g/mol. The zero-order valence-electron chi connectivity index (χ0n) is 9.20. The fourth-order valence-electron chi connectivity index (χ4n) is 1.33. The second-order valence-electron chi connectivity index (χ2n) is 3.24. The highest BCUT2D eigenvalue weighted by Gasteiger charge is 2.13. The predicted octanol–water partition coefficient (Wildman–Crippen LogP) is 1.62. The number of nitriles is 1. The number of esters is 1. The highest BCUT2D eigenvalue weighted by molar-refractivity contribution is 5.80. The molecular formula is C12H10FNO3. The monoisotopic (exact) mass is 235 g/mol. The Morgan fingerprint density at radius 1 is 1.59 bits per heavy atom. The van der Waals surface area contributed by atoms with Crippen molar-refractivity contribution < 1.29 is 18.7 Å². The van der Waals surface area contributed by atoms with E-state index < -0.39 is 11.8 Å². The maximum absolute atomic E-state index is 13.5. The van der Waals surface area contributed by atoms with Gasteiger partial charge >= 0.3 is 5.97 Å². The van der Waals surface area contributed by atoms with Gasteiger partial charge in [0.15, 0.2) is 6.29 Å². The van der Waals surface area contributed by atoms with E-state index in [9.17, 15) is 14.0 Å². The van der Waals surface area contributed by atoms with Gasteiger partial charge in [-0.3, -0.25) is 9.59 Å². The number of hydrogen-bond acceptors (Lipinski definition) is 4. The summed E-state index contributed by atoms with van der Waals surface area (Å²) in [6.07, 6.45) is 0.142. The molecule has 1 aromatic carbocycles. The van der Waals surface area contributed by atoms with Gasteiger partial charge in [0.05, 0.1) is 24.7 Å². The number of halogens is 1. The highest BCUT2D eigenvalue weighted by atomic mass is 19.1. The lowest BCUT2D eigenvalue weighted by Gasteiger charge is -2.05. The van der Waals surface area contributed by atoms with Crippen molar-refractivity contribution in [1.82, 2.24) is 0 Å². The van der Waals surface area contributed by atoms with Crippen LogP contribution in [0, 0.1) is 17.1 Å². The van der Waals surface area contributed by atoms with Crippen molar-refractivity contribution in [2.45, 2.75) is 13.3 Å². The number of nitrogens with zero attached hydrogens (tertiary/aromatic N) is 1. The average molecular weight is 235 g/mol. The predicted molar refractivity (Wildman–Crippen MR) is 56.8 cm³/mol. The van der Waals surface area contributed by atoms with Crippen molar-refractivity contribution in [3.05, 3.63) is 34.6 Å². The fourth-order valence-corrected chi connectivity index (χ4v) is 1.33. The quantitative estimate of drug-likeness (QED) is 0.587. The molecule has 4 nitrogen and oxygen atoms in total. The van der Waals surface area contributed by atoms with Gasteiger partial charge in [-0.1, -0.05) is 0 Å². The van der Waals surface area contributed by atoms with E-state index in [1.165, 1.54) is 6.07 Å². The second kappa shape index (κ2) is 5.75. The third-order valence-electron chi connectivity index (χ3n) is 2.11. The molecule has 0 aliphatic rings. The van der Waals surface area contributed by atoms with Crippen LogP contribution in [0.25, 0.3) is 0 Å². The molecule has 0 saturated heterocycles. The summed E-state index contributed by atoms with van der Waals surface area (Å²) in [5, 5.41) is 8.75. The zero-order valence-corrected chi connectivity index (χ0v) is 9.20. The summed E-state index contributed by atoms with van der Waals surface area (Å²) < 4.78 is 18.2. The molecule has 0 N–H and O–H groups in total. The van der Waals surface area contributed by atoms with Crippen molar-refractivity contribution in [1.29, 1.82) is 5.26 Å². The van der Waals surface area contributed by atoms with Crippen LogP contribution >= 0.6 is 0 Å². The van der Waals surface area contributed by atoms with Crippen LogP contribution in [0.5, 0.6) is 0 Å². The number of hydrogen-bond donors (Lipinski definition) is 0. The first-order valence-corrected chi connectivity index (χ1v) is 4.95. The van der Waals surface area contributed by atoms with Crippen molar-refractivity contribution in [3.8, 4) is 6.07 Å². The van der Waals surface area contributed by atoms with Crippen molar-refractivity contribution in [2.75, 3.05) is 6.61 Å². The summed E-state index contributed by atoms with van der Waals surface area (Å²) in [6.45, 7) is 1.85. The lowest BCUT2D eigenvalue weighted by atomic mass is 10.0. The minimum absolute atomic E-state index is 0.0300. The number of carbonyl (C=O) groups is 2. The number of benzene rings is 1. The van der Waals surface area contributed by atoms with Gasteiger partial charge in [0.25, 0.3) is 0 Å². The lowest BCUT2D eigenvalue weighted by Crippen LogP contribution is -2.09. The Morgan fingerprint density at radius 3 is 2.82 bits per heavy atom. The minimum Gasteiger partial charge on any atom is -0.466 e. The molecule has 1 aromatic rings. The zero-order chi connectivity index (χ0) is 12.8. The maximum atomic E-state index is 13.5. The smallest absolute Gasteiger partial charge is 0.310 e. The van der Waals surface area contributed by atoms with Gasteiger partial charge in [-0.15, -0.1) is 0 Å². The van der Waals surface area contributed by atoms with Gasteiger partial charge in [-0.25, -0.2) is 4.39 Å². The molecule has 0 bridgehead atoms. The summed E-state index contributed by atoms with van der Waals surface area (Å²) in [7, 11) is 0. The Bertz CT molecular complexity index is 491. The molecule has 17 heavy (non-hydrogen) atoms. The number of aldehydes is 1. The fraction of sp³-hybridized carbons (Fsp3) is 0.250. The van der Waals surface area contributed by atoms with Gasteiger partial charge < -0.3 is 4.74 Å². The van der Waals surface area contributed by atoms with Gasteiger partial charge in [0, 0.05) is 11.1 Å². The van der Waals surface area contributed by atoms with Crippen LogP contribution < -0.4 is 0 Å². The molecule has 0 aliphatic carbocycles. The maximum Gasteiger partial charge on any atom is 0.310 e. The number of ether oxygens (including phenoxy) is 1. The van der Waals surface area contributed by atoms with Crippen LogP contribution in [0.3, 0.4) is 0 Å². The Kier molecular flexibility index (Phi) is 4.35. The average Bonchev–Trinajstić information content (AvgIpc) is 2.31. The van der Waals surface area contributed by atoms with E-state index in [-0.39, 0.29) is 29.7 Å². The van der Waals surface area contributed by atoms with Crippen molar-refractivity contribution >= 4 is 12.3 Å². The Labute approximate surface area is 97.6 Å². The highest BCUT2D eigenvalue weighted by Crippen LogP contribution is 2.15. The third-order valence-corrected chi connectivity index (χ3v) is 2.11. The van der Waals surface area contributed by atoms with Gasteiger partial charge in [0.2, 0.25) is 0 Å². The number of carbonyl (C=O) groups excluding carboxylic acids is 2. The number of rotatable bonds is 4. The van der Waals surface area contributed by atoms with Crippen LogP contribution in [-0.4, -0.2) is 18.9 Å². The van der Waals surface area contributed by atoms with Crippen molar-refractivity contribution in [3.63, 3.8) is 0 Å². The lowest BCUT2D eigenvalue weighted by molar-refractivity contribution is -0.142. The molecule has 0 atom stereocenters. The standard InChI is InChI=1S/C12H10FNO3/c1-2-17-12(16)5-8-3-9(6-14)10(7-15)4-11(8)13/h3-4,7H,2,5H2,1H3. The van der Waals surface area contributed by atoms with E-state index in [0.29, 0.717) is 6.29 Å². The van der Waals surface area contributed by atoms with Gasteiger partial charge in [-0.05, 0) is 19.1 Å². The minimum atomic E-state index is -0.695. The van der Waals surface area contributed by atoms with Crippen LogP contribution in [0.2, 0.25) is 0 Å². The van der Waals surface area contributed by atoms with Crippen LogP contribution in [0.1, 0.15) is 28.4 Å². The summed E-state index contributed by atoms with van der Waals surface area (Å²) in [6, 6.07) is 3.90. The first-order valence-electron chi connectivity index (χ1n) is 4.95. The molecule has 0 heterocycles. The van der Waals surface area contributed by atoms with E-state index in [4.69, 9.17) is 5.26 Å². The summed E-state index contributed by atoms with van der Waals surface area (Å²) >= 11 is 0. The summed E-state index contributed by atoms with van der Waals surface area (Å²) in [4.78, 5) is 21.7. The molecule has 0 spiro atoms. The van der Waals surface area contributed by atoms with Gasteiger partial charge in [0.1, 0.15) is 5.82 Å². The largest absolute Gasteiger partial charge is 0.466 e. The first kappa shape index (κ1) is 12.8. The molecule has 0 unspecified atom stereocenters. The summed E-state index contributed by atoms with van der Waals surface area (Å²) in [5.41, 5.74) is 0.0592. The Hall–Kier alpha value is -2.22. The molecule has 1 rings (SSSR count). The van der Waals surface area contributed by atoms with E-state index in [2.05, 4.69) is 4.74 Å². The molecule has 0 aromatic heterocycles. The molecule has 0 fully saturated rings. The van der Waals surface area contributed by atoms with E-state index in [1.807, 2.05) is 0 Å². The summed E-state index contributed by atoms with van der Waals surface area (Å²) in [5.74, 6) is -1.27. The van der Waals surface area contributed by atoms with E-state index in [1.54, 1.807) is 13.0 Å². The Balaban J connectivity index is 3.05. The molecule has 0 saturated carbocycles. The molecule has 0 aliphatic heterocycles. The van der Waals surface area contributed by atoms with E-state index >= 15 is 0 Å². The van der Waals surface area contributed by atoms with Crippen molar-refractivity contribution in [2.24, 2.45) is 0 Å². The SMILES string of the molecule is CCOC(=O)Cc1cc(C#N)c(C=O)cc1F. The normalized spacial score (nSPS) is 9.47. The van der Waals surface area contributed by atoms with Crippen LogP contribution in [0.15, 0.2) is 12.1 Å². The first-order chi connectivity index (χ1) is 8.12. The molecule has 0 radical (unpaired) electrons. The molecule has 0 amide bonds. The topological polar surface area (TPSA) is 67.2 Å². The van der Waals surface area contributed by atoms with Crippen LogP contribution in [-0.2, 0) is 16.0 Å². The molecule has 88 valence electrons. The van der Waals surface area contributed by atoms with Crippen LogP contribution in [0.4, 0.5) is 4.39 Å². The van der Waals surface area contributed by atoms with E-state index in [0.717, 1.165) is 6.07 Å².